The first-order valence-electron chi connectivity index (χ1n) is 6.16. The van der Waals surface area contributed by atoms with Crippen molar-refractivity contribution in [1.29, 1.82) is 0 Å². The summed E-state index contributed by atoms with van der Waals surface area (Å²) >= 11 is 3.60. The molecule has 1 aromatic rings. The third kappa shape index (κ3) is 3.13. The first-order valence-corrected chi connectivity index (χ1v) is 6.95. The number of carbonyl (C=O) groups excluding carboxylic acids is 1. The summed E-state index contributed by atoms with van der Waals surface area (Å²) in [6, 6.07) is 8.57. The van der Waals surface area contributed by atoms with Crippen molar-refractivity contribution >= 4 is 21.8 Å². The Balaban J connectivity index is 2.23. The van der Waals surface area contributed by atoms with E-state index in [2.05, 4.69) is 33.0 Å². The Labute approximate surface area is 116 Å². The van der Waals surface area contributed by atoms with Crippen molar-refractivity contribution in [2.24, 2.45) is 5.73 Å². The quantitative estimate of drug-likeness (QED) is 0.873. The molecule has 1 aliphatic rings. The van der Waals surface area contributed by atoms with Crippen LogP contribution in [0.2, 0.25) is 0 Å². The lowest BCUT2D eigenvalue weighted by atomic mass is 9.95. The minimum Gasteiger partial charge on any atom is -0.370 e. The summed E-state index contributed by atoms with van der Waals surface area (Å²) in [6.45, 7) is 0.968. The molecule has 1 fully saturated rings. The van der Waals surface area contributed by atoms with Gasteiger partial charge in [0.15, 0.2) is 0 Å². The second kappa shape index (κ2) is 6.05. The van der Waals surface area contributed by atoms with Crippen LogP contribution in [0.5, 0.6) is 0 Å². The number of likely N-dealkylation sites (tertiary alicyclic amines) is 1. The van der Waals surface area contributed by atoms with E-state index in [9.17, 15) is 4.79 Å². The summed E-state index contributed by atoms with van der Waals surface area (Å²) in [6.07, 6.45) is 6.74. The van der Waals surface area contributed by atoms with Crippen molar-refractivity contribution in [2.75, 3.05) is 6.54 Å². The van der Waals surface area contributed by atoms with Crippen LogP contribution in [0.15, 0.2) is 41.0 Å². The van der Waals surface area contributed by atoms with Crippen LogP contribution in [0.4, 0.5) is 0 Å². The second-order valence-corrected chi connectivity index (χ2v) is 5.34. The van der Waals surface area contributed by atoms with Gasteiger partial charge in [-0.15, -0.1) is 0 Å². The fourth-order valence-corrected chi connectivity index (χ4v) is 2.93. The predicted molar refractivity (Wildman–Crippen MR) is 75.8 cm³/mol. The lowest BCUT2D eigenvalue weighted by Crippen LogP contribution is -2.29. The van der Waals surface area contributed by atoms with Crippen molar-refractivity contribution in [1.82, 2.24) is 4.90 Å². The molecule has 1 amide bonds. The molecule has 4 heteroatoms. The van der Waals surface area contributed by atoms with Gasteiger partial charge < -0.3 is 10.6 Å². The van der Waals surface area contributed by atoms with Gasteiger partial charge in [-0.3, -0.25) is 4.79 Å². The molecule has 0 aliphatic carbocycles. The number of piperidine rings is 1. The van der Waals surface area contributed by atoms with Gasteiger partial charge in [0, 0.05) is 23.3 Å². The largest absolute Gasteiger partial charge is 0.370 e. The summed E-state index contributed by atoms with van der Waals surface area (Å²) in [7, 11) is 0. The van der Waals surface area contributed by atoms with Crippen LogP contribution in [0.25, 0.3) is 0 Å². The van der Waals surface area contributed by atoms with Gasteiger partial charge in [0.2, 0.25) is 5.91 Å². The maximum Gasteiger partial charge on any atom is 0.242 e. The summed E-state index contributed by atoms with van der Waals surface area (Å²) in [5, 5.41) is 0. The zero-order valence-electron chi connectivity index (χ0n) is 10.2. The van der Waals surface area contributed by atoms with Crippen molar-refractivity contribution in [3.05, 3.63) is 46.6 Å². The zero-order valence-corrected chi connectivity index (χ0v) is 11.8. The molecular formula is C14H17BrN2O. The molecular weight excluding hydrogens is 292 g/mol. The summed E-state index contributed by atoms with van der Waals surface area (Å²) in [4.78, 5) is 13.1. The molecule has 1 heterocycles. The molecule has 0 radical (unpaired) electrons. The number of nitrogens with zero attached hydrogens (tertiary/aromatic N) is 1. The average molecular weight is 309 g/mol. The minimum absolute atomic E-state index is 0.324. The summed E-state index contributed by atoms with van der Waals surface area (Å²) in [5.74, 6) is -0.397. The van der Waals surface area contributed by atoms with Gasteiger partial charge in [-0.1, -0.05) is 34.1 Å². The maximum atomic E-state index is 10.9. The number of primary amides is 1. The molecule has 1 atom stereocenters. The molecule has 18 heavy (non-hydrogen) atoms. The van der Waals surface area contributed by atoms with Gasteiger partial charge in [0.05, 0.1) is 6.04 Å². The van der Waals surface area contributed by atoms with Crippen LogP contribution in [0, 0.1) is 0 Å². The molecule has 1 aromatic carbocycles. The molecule has 0 spiro atoms. The maximum absolute atomic E-state index is 10.9. The van der Waals surface area contributed by atoms with Crippen molar-refractivity contribution in [3.8, 4) is 0 Å². The van der Waals surface area contributed by atoms with E-state index in [0.29, 0.717) is 6.04 Å². The molecule has 2 rings (SSSR count). The minimum atomic E-state index is -0.397. The molecule has 2 N–H and O–H groups in total. The van der Waals surface area contributed by atoms with Crippen molar-refractivity contribution in [3.63, 3.8) is 0 Å². The van der Waals surface area contributed by atoms with Crippen molar-refractivity contribution < 1.29 is 4.79 Å². The highest BCUT2D eigenvalue weighted by Gasteiger charge is 2.22. The van der Waals surface area contributed by atoms with E-state index in [-0.39, 0.29) is 0 Å². The lowest BCUT2D eigenvalue weighted by molar-refractivity contribution is -0.113. The SMILES string of the molecule is NC(=O)/C=C/N1CCCCC1c1ccccc1Br. The molecule has 0 aromatic heterocycles. The molecule has 0 bridgehead atoms. The van der Waals surface area contributed by atoms with E-state index in [1.165, 1.54) is 18.1 Å². The lowest BCUT2D eigenvalue weighted by Gasteiger charge is -2.35. The van der Waals surface area contributed by atoms with E-state index < -0.39 is 5.91 Å². The average Bonchev–Trinajstić information content (AvgIpc) is 2.37. The number of rotatable bonds is 3. The number of carbonyl (C=O) groups is 1. The highest BCUT2D eigenvalue weighted by atomic mass is 79.9. The number of hydrogen-bond acceptors (Lipinski definition) is 2. The number of nitrogens with two attached hydrogens (primary N) is 1. The van der Waals surface area contributed by atoms with Gasteiger partial charge in [-0.25, -0.2) is 0 Å². The third-order valence-electron chi connectivity index (χ3n) is 3.24. The Morgan fingerprint density at radius 2 is 2.17 bits per heavy atom. The van der Waals surface area contributed by atoms with E-state index in [4.69, 9.17) is 5.73 Å². The molecule has 1 saturated heterocycles. The van der Waals surface area contributed by atoms with E-state index in [0.717, 1.165) is 23.9 Å². The van der Waals surface area contributed by atoms with E-state index in [1.807, 2.05) is 18.3 Å². The number of halogens is 1. The summed E-state index contributed by atoms with van der Waals surface area (Å²) < 4.78 is 1.12. The van der Waals surface area contributed by atoms with E-state index >= 15 is 0 Å². The molecule has 1 unspecified atom stereocenters. The van der Waals surface area contributed by atoms with Gasteiger partial charge in [0.25, 0.3) is 0 Å². The Kier molecular flexibility index (Phi) is 4.42. The Morgan fingerprint density at radius 1 is 1.39 bits per heavy atom. The molecule has 3 nitrogen and oxygen atoms in total. The fraction of sp³-hybridized carbons (Fsp3) is 0.357. The highest BCUT2D eigenvalue weighted by Crippen LogP contribution is 2.34. The van der Waals surface area contributed by atoms with Gasteiger partial charge in [0.1, 0.15) is 0 Å². The van der Waals surface area contributed by atoms with E-state index in [1.54, 1.807) is 0 Å². The number of amides is 1. The number of benzene rings is 1. The van der Waals surface area contributed by atoms with Gasteiger partial charge >= 0.3 is 0 Å². The smallest absolute Gasteiger partial charge is 0.242 e. The number of hydrogen-bond donors (Lipinski definition) is 1. The second-order valence-electron chi connectivity index (χ2n) is 4.49. The standard InChI is InChI=1S/C14H17BrN2O/c15-12-6-2-1-5-11(12)13-7-3-4-9-17(13)10-8-14(16)18/h1-2,5-6,8,10,13H,3-4,7,9H2,(H2,16,18)/b10-8+. The Morgan fingerprint density at radius 3 is 2.89 bits per heavy atom. The van der Waals surface area contributed by atoms with Gasteiger partial charge in [-0.2, -0.15) is 0 Å². The van der Waals surface area contributed by atoms with Gasteiger partial charge in [-0.05, 0) is 30.9 Å². The Bertz CT molecular complexity index is 459. The molecule has 0 saturated carbocycles. The predicted octanol–water partition coefficient (Wildman–Crippen LogP) is 2.98. The highest BCUT2D eigenvalue weighted by molar-refractivity contribution is 9.10. The van der Waals surface area contributed by atoms with Crippen LogP contribution in [0.1, 0.15) is 30.9 Å². The first kappa shape index (κ1) is 13.1. The van der Waals surface area contributed by atoms with Crippen molar-refractivity contribution in [2.45, 2.75) is 25.3 Å². The normalized spacial score (nSPS) is 20.3. The zero-order chi connectivity index (χ0) is 13.0. The van der Waals surface area contributed by atoms with Crippen LogP contribution in [-0.4, -0.2) is 17.4 Å². The first-order chi connectivity index (χ1) is 8.68. The summed E-state index contributed by atoms with van der Waals surface area (Å²) in [5.41, 5.74) is 6.43. The monoisotopic (exact) mass is 308 g/mol. The van der Waals surface area contributed by atoms with Crippen LogP contribution < -0.4 is 5.73 Å². The molecule has 1 aliphatic heterocycles. The third-order valence-corrected chi connectivity index (χ3v) is 3.96. The van der Waals surface area contributed by atoms with Crippen LogP contribution in [-0.2, 0) is 4.79 Å². The van der Waals surface area contributed by atoms with Crippen LogP contribution in [0.3, 0.4) is 0 Å². The molecule has 96 valence electrons. The topological polar surface area (TPSA) is 46.3 Å². The Hall–Kier alpha value is -1.29. The fourth-order valence-electron chi connectivity index (χ4n) is 2.38. The van der Waals surface area contributed by atoms with Crippen LogP contribution >= 0.6 is 15.9 Å².